The summed E-state index contributed by atoms with van der Waals surface area (Å²) >= 11 is 2.54. The Morgan fingerprint density at radius 1 is 1.12 bits per heavy atom. The third kappa shape index (κ3) is 4.58. The molecule has 34 heavy (non-hydrogen) atoms. The lowest BCUT2D eigenvalue weighted by molar-refractivity contribution is 0.174. The van der Waals surface area contributed by atoms with E-state index in [9.17, 15) is 13.7 Å². The molecule has 4 aromatic rings. The molecule has 1 aliphatic heterocycles. The van der Waals surface area contributed by atoms with Crippen LogP contribution in [-0.4, -0.2) is 25.2 Å². The highest BCUT2D eigenvalue weighted by Gasteiger charge is 2.17. The molecule has 0 bridgehead atoms. The largest absolute Gasteiger partial charge is 0.454 e. The summed E-state index contributed by atoms with van der Waals surface area (Å²) in [6, 6.07) is 13.9. The van der Waals surface area contributed by atoms with Crippen molar-refractivity contribution in [1.82, 2.24) is 9.97 Å². The predicted octanol–water partition coefficient (Wildman–Crippen LogP) is 4.77. The van der Waals surface area contributed by atoms with Gasteiger partial charge in [0, 0.05) is 34.4 Å². The van der Waals surface area contributed by atoms with Crippen LogP contribution in [-0.2, 0) is 10.0 Å². The molecule has 0 saturated carbocycles. The number of nitrogens with zero attached hydrogens (tertiary/aromatic N) is 3. The minimum Gasteiger partial charge on any atom is -0.454 e. The predicted molar refractivity (Wildman–Crippen MR) is 130 cm³/mol. The summed E-state index contributed by atoms with van der Waals surface area (Å²) in [7, 11) is -3.73. The van der Waals surface area contributed by atoms with Crippen molar-refractivity contribution < 1.29 is 17.9 Å². The van der Waals surface area contributed by atoms with Gasteiger partial charge < -0.3 is 14.8 Å². The van der Waals surface area contributed by atoms with E-state index in [1.165, 1.54) is 41.0 Å². The summed E-state index contributed by atoms with van der Waals surface area (Å²) in [6.07, 6.45) is 3.06. The maximum atomic E-state index is 12.4. The summed E-state index contributed by atoms with van der Waals surface area (Å²) in [5.74, 6) is 1.36. The monoisotopic (exact) mass is 509 g/mol. The van der Waals surface area contributed by atoms with Crippen LogP contribution in [0.3, 0.4) is 0 Å². The highest BCUT2D eigenvalue weighted by molar-refractivity contribution is 7.93. The van der Waals surface area contributed by atoms with E-state index >= 15 is 0 Å². The molecule has 2 N–H and O–H groups in total. The van der Waals surface area contributed by atoms with Crippen molar-refractivity contribution in [3.8, 4) is 28.8 Å². The number of fused-ring (bicyclic) bond motifs is 1. The average molecular weight is 510 g/mol. The smallest absolute Gasteiger partial charge is 0.263 e. The number of ether oxygens (including phenoxy) is 2. The third-order valence-corrected chi connectivity index (χ3v) is 7.77. The van der Waals surface area contributed by atoms with Gasteiger partial charge in [-0.15, -0.1) is 22.7 Å². The minimum absolute atomic E-state index is 0.103. The second kappa shape index (κ2) is 9.14. The van der Waals surface area contributed by atoms with Crippen LogP contribution in [0.1, 0.15) is 5.01 Å². The van der Waals surface area contributed by atoms with E-state index in [2.05, 4.69) is 26.1 Å². The molecule has 0 atom stereocenters. The molecule has 0 radical (unpaired) electrons. The zero-order chi connectivity index (χ0) is 23.5. The number of hydrogen-bond donors (Lipinski definition) is 2. The van der Waals surface area contributed by atoms with Gasteiger partial charge in [0.1, 0.15) is 16.6 Å². The maximum absolute atomic E-state index is 12.4. The molecule has 3 heterocycles. The van der Waals surface area contributed by atoms with Crippen molar-refractivity contribution in [3.05, 3.63) is 70.6 Å². The average Bonchev–Trinajstić information content (AvgIpc) is 3.61. The number of nitrogens with one attached hydrogen (secondary N) is 2. The van der Waals surface area contributed by atoms with E-state index in [4.69, 9.17) is 9.47 Å². The van der Waals surface area contributed by atoms with E-state index in [1.807, 2.05) is 23.6 Å². The van der Waals surface area contributed by atoms with Crippen LogP contribution in [0.25, 0.3) is 16.8 Å². The van der Waals surface area contributed by atoms with E-state index in [0.717, 1.165) is 11.3 Å². The molecule has 0 fully saturated rings. The van der Waals surface area contributed by atoms with Crippen molar-refractivity contribution in [3.63, 3.8) is 0 Å². The molecule has 0 saturated heterocycles. The first-order valence-electron chi connectivity index (χ1n) is 9.77. The number of thiazole rings is 2. The molecule has 1 aliphatic rings. The molecule has 0 amide bonds. The van der Waals surface area contributed by atoms with E-state index in [-0.39, 0.29) is 11.7 Å². The normalized spacial score (nSPS) is 12.9. The number of anilines is 2. The van der Waals surface area contributed by atoms with Crippen molar-refractivity contribution in [1.29, 1.82) is 5.26 Å². The van der Waals surface area contributed by atoms with Gasteiger partial charge in [-0.2, -0.15) is 5.26 Å². The maximum Gasteiger partial charge on any atom is 0.263 e. The van der Waals surface area contributed by atoms with Gasteiger partial charge in [-0.1, -0.05) is 0 Å². The van der Waals surface area contributed by atoms with Gasteiger partial charge in [-0.25, -0.2) is 18.4 Å². The van der Waals surface area contributed by atoms with E-state index in [0.29, 0.717) is 32.9 Å². The van der Waals surface area contributed by atoms with Crippen LogP contribution in [0, 0.1) is 11.3 Å². The Kier molecular flexibility index (Phi) is 5.89. The van der Waals surface area contributed by atoms with Crippen LogP contribution >= 0.6 is 22.7 Å². The number of aromatic nitrogens is 2. The fourth-order valence-electron chi connectivity index (χ4n) is 3.06. The van der Waals surface area contributed by atoms with Gasteiger partial charge in [-0.3, -0.25) is 4.72 Å². The number of rotatable bonds is 7. The van der Waals surface area contributed by atoms with Gasteiger partial charge in [0.05, 0.1) is 10.6 Å². The molecule has 170 valence electrons. The number of allylic oxidation sites excluding steroid dienone is 1. The Labute approximate surface area is 203 Å². The lowest BCUT2D eigenvalue weighted by atomic mass is 10.1. The Balaban J connectivity index is 1.29. The van der Waals surface area contributed by atoms with Crippen molar-refractivity contribution in [2.24, 2.45) is 0 Å². The zero-order valence-corrected chi connectivity index (χ0v) is 19.7. The zero-order valence-electron chi connectivity index (χ0n) is 17.3. The van der Waals surface area contributed by atoms with Crippen LogP contribution < -0.4 is 19.5 Å². The SMILES string of the molecule is N#C/C(=C\Nc1ccc(S(=O)(=O)Nc2nccs2)cc1)c1nc(-c2ccc3c(c2)OCO3)cs1. The summed E-state index contributed by atoms with van der Waals surface area (Å²) in [5, 5.41) is 17.0. The number of hydrogen-bond acceptors (Lipinski definition) is 10. The fraction of sp³-hybridized carbons (Fsp3) is 0.0455. The lowest BCUT2D eigenvalue weighted by Gasteiger charge is -2.06. The first kappa shape index (κ1) is 21.9. The van der Waals surface area contributed by atoms with Crippen LogP contribution in [0.15, 0.2) is 70.5 Å². The highest BCUT2D eigenvalue weighted by atomic mass is 32.2. The molecule has 12 heteroatoms. The van der Waals surface area contributed by atoms with Crippen molar-refractivity contribution in [2.75, 3.05) is 16.8 Å². The van der Waals surface area contributed by atoms with Gasteiger partial charge in [0.25, 0.3) is 10.0 Å². The topological polar surface area (TPSA) is 126 Å². The second-order valence-corrected chi connectivity index (χ2v) is 10.3. The summed E-state index contributed by atoms with van der Waals surface area (Å²) in [6.45, 7) is 0.198. The van der Waals surface area contributed by atoms with Gasteiger partial charge in [-0.05, 0) is 42.5 Å². The molecule has 9 nitrogen and oxygen atoms in total. The highest BCUT2D eigenvalue weighted by Crippen LogP contribution is 2.36. The second-order valence-electron chi connectivity index (χ2n) is 6.89. The van der Waals surface area contributed by atoms with Crippen LogP contribution in [0.5, 0.6) is 11.5 Å². The van der Waals surface area contributed by atoms with Gasteiger partial charge in [0.15, 0.2) is 16.6 Å². The summed E-state index contributed by atoms with van der Waals surface area (Å²) in [4.78, 5) is 8.60. The Hall–Kier alpha value is -3.92. The first-order valence-corrected chi connectivity index (χ1v) is 13.0. The van der Waals surface area contributed by atoms with Gasteiger partial charge in [0.2, 0.25) is 6.79 Å². The third-order valence-electron chi connectivity index (χ3n) is 4.73. The van der Waals surface area contributed by atoms with Crippen LogP contribution in [0.2, 0.25) is 0 Å². The number of sulfonamides is 1. The minimum atomic E-state index is -3.73. The Morgan fingerprint density at radius 3 is 2.71 bits per heavy atom. The van der Waals surface area contributed by atoms with Crippen molar-refractivity contribution in [2.45, 2.75) is 4.90 Å². The summed E-state index contributed by atoms with van der Waals surface area (Å²) < 4.78 is 38.1. The van der Waals surface area contributed by atoms with Crippen LogP contribution in [0.4, 0.5) is 10.8 Å². The molecule has 0 spiro atoms. The molecule has 5 rings (SSSR count). The number of benzene rings is 2. The van der Waals surface area contributed by atoms with Crippen molar-refractivity contribution >= 4 is 49.1 Å². The first-order chi connectivity index (χ1) is 16.5. The molecular formula is C22H15N5O4S3. The molecule has 0 aliphatic carbocycles. The lowest BCUT2D eigenvalue weighted by Crippen LogP contribution is -2.12. The molecular weight excluding hydrogens is 494 g/mol. The standard InChI is InChI=1S/C22H15N5O4S3/c23-10-15(21-26-18(12-33-21)14-1-6-19-20(9-14)31-13-30-19)11-25-16-2-4-17(5-3-16)34(28,29)27-22-24-7-8-32-22/h1-9,11-12,25H,13H2,(H,24,27)/b15-11+. The quantitative estimate of drug-likeness (QED) is 0.341. The molecule has 2 aromatic carbocycles. The fourth-order valence-corrected chi connectivity index (χ4v) is 5.64. The number of nitriles is 1. The van der Waals surface area contributed by atoms with Gasteiger partial charge >= 0.3 is 0 Å². The molecule has 2 aromatic heterocycles. The van der Waals surface area contributed by atoms with E-state index < -0.39 is 10.0 Å². The molecule has 0 unspecified atom stereocenters. The summed E-state index contributed by atoms with van der Waals surface area (Å²) in [5.41, 5.74) is 2.55. The van der Waals surface area contributed by atoms with E-state index in [1.54, 1.807) is 23.7 Å². The Bertz CT molecular complexity index is 1500. The Morgan fingerprint density at radius 2 is 1.94 bits per heavy atom.